The van der Waals surface area contributed by atoms with Crippen LogP contribution in [0.3, 0.4) is 0 Å². The Morgan fingerprint density at radius 2 is 1.27 bits per heavy atom. The van der Waals surface area contributed by atoms with Crippen LogP contribution in [0.4, 0.5) is 0 Å². The zero-order chi connectivity index (χ0) is 15.6. The number of benzene rings is 2. The number of thioether (sulfide) groups is 2. The maximum Gasteiger partial charge on any atom is 0.00750 e. The molecule has 0 spiro atoms. The summed E-state index contributed by atoms with van der Waals surface area (Å²) in [5.41, 5.74) is 2.45. The molecule has 0 saturated heterocycles. The van der Waals surface area contributed by atoms with Gasteiger partial charge in [-0.05, 0) is 47.9 Å². The fourth-order valence-electron chi connectivity index (χ4n) is 1.92. The summed E-state index contributed by atoms with van der Waals surface area (Å²) in [4.78, 5) is 2.59. The van der Waals surface area contributed by atoms with Crippen molar-refractivity contribution < 1.29 is 0 Å². The first-order valence-corrected chi connectivity index (χ1v) is 9.56. The minimum Gasteiger partial charge on any atom is -0.130 e. The highest BCUT2D eigenvalue weighted by atomic mass is 32.2. The average molecular weight is 325 g/mol. The fraction of sp³-hybridized carbons (Fsp3) is 0.100. The van der Waals surface area contributed by atoms with Crippen LogP contribution in [0.2, 0.25) is 0 Å². The standard InChI is InChI=1S/C20H20S2/c1-21-19-14-12-17(13-15-19)8-5-3-4-6-9-18-10-7-11-20(16-18)22-2/h3-16H,1-2H3/b4-3+,8-5+,9-6+. The van der Waals surface area contributed by atoms with E-state index in [-0.39, 0.29) is 0 Å². The predicted molar refractivity (Wildman–Crippen MR) is 104 cm³/mol. The van der Waals surface area contributed by atoms with Gasteiger partial charge in [0.1, 0.15) is 0 Å². The summed E-state index contributed by atoms with van der Waals surface area (Å²) in [5, 5.41) is 0. The topological polar surface area (TPSA) is 0 Å². The Hall–Kier alpha value is -1.64. The van der Waals surface area contributed by atoms with E-state index in [2.05, 4.69) is 97.5 Å². The van der Waals surface area contributed by atoms with Crippen molar-refractivity contribution in [1.29, 1.82) is 0 Å². The fourth-order valence-corrected chi connectivity index (χ4v) is 2.80. The van der Waals surface area contributed by atoms with Gasteiger partial charge in [-0.3, -0.25) is 0 Å². The van der Waals surface area contributed by atoms with Gasteiger partial charge < -0.3 is 0 Å². The van der Waals surface area contributed by atoms with Gasteiger partial charge in [-0.1, -0.05) is 60.7 Å². The predicted octanol–water partition coefficient (Wildman–Crippen LogP) is 6.41. The molecule has 0 aliphatic carbocycles. The third kappa shape index (κ3) is 5.63. The van der Waals surface area contributed by atoms with Crippen LogP contribution >= 0.6 is 23.5 Å². The second-order valence-corrected chi connectivity index (χ2v) is 6.41. The third-order valence-corrected chi connectivity index (χ3v) is 4.59. The number of hydrogen-bond acceptors (Lipinski definition) is 2. The molecule has 0 bridgehead atoms. The van der Waals surface area contributed by atoms with E-state index in [0.717, 1.165) is 0 Å². The van der Waals surface area contributed by atoms with Crippen LogP contribution in [0.25, 0.3) is 12.2 Å². The molecule has 2 rings (SSSR count). The molecular formula is C20H20S2. The van der Waals surface area contributed by atoms with E-state index in [1.54, 1.807) is 23.5 Å². The second kappa shape index (κ2) is 9.39. The summed E-state index contributed by atoms with van der Waals surface area (Å²) in [6.45, 7) is 0. The highest BCUT2D eigenvalue weighted by Crippen LogP contribution is 2.17. The molecule has 2 aromatic rings. The van der Waals surface area contributed by atoms with E-state index >= 15 is 0 Å². The molecule has 0 amide bonds. The van der Waals surface area contributed by atoms with Crippen LogP contribution in [0, 0.1) is 0 Å². The first-order chi connectivity index (χ1) is 10.8. The quantitative estimate of drug-likeness (QED) is 0.444. The van der Waals surface area contributed by atoms with Crippen LogP contribution in [0.5, 0.6) is 0 Å². The zero-order valence-electron chi connectivity index (χ0n) is 12.9. The Balaban J connectivity index is 1.88. The van der Waals surface area contributed by atoms with Crippen LogP contribution < -0.4 is 0 Å². The van der Waals surface area contributed by atoms with E-state index in [1.165, 1.54) is 20.9 Å². The van der Waals surface area contributed by atoms with Gasteiger partial charge in [-0.15, -0.1) is 23.5 Å². The lowest BCUT2D eigenvalue weighted by Crippen LogP contribution is -1.73. The lowest BCUT2D eigenvalue weighted by Gasteiger charge is -1.96. The molecule has 0 N–H and O–H groups in total. The lowest BCUT2D eigenvalue weighted by molar-refractivity contribution is 1.45. The summed E-state index contributed by atoms with van der Waals surface area (Å²) >= 11 is 3.53. The van der Waals surface area contributed by atoms with Gasteiger partial charge in [0.05, 0.1) is 0 Å². The molecule has 0 radical (unpaired) electrons. The summed E-state index contributed by atoms with van der Waals surface area (Å²) in [7, 11) is 0. The molecule has 0 atom stereocenters. The maximum atomic E-state index is 2.19. The molecule has 0 heterocycles. The molecule has 2 aromatic carbocycles. The Bertz CT molecular complexity index is 664. The molecule has 0 aliphatic heterocycles. The molecule has 0 fully saturated rings. The molecule has 0 aromatic heterocycles. The molecular weight excluding hydrogens is 304 g/mol. The van der Waals surface area contributed by atoms with Crippen molar-refractivity contribution >= 4 is 35.7 Å². The van der Waals surface area contributed by atoms with Crippen LogP contribution in [-0.2, 0) is 0 Å². The highest BCUT2D eigenvalue weighted by Gasteiger charge is 1.90. The summed E-state index contributed by atoms with van der Waals surface area (Å²) < 4.78 is 0. The molecule has 112 valence electrons. The summed E-state index contributed by atoms with van der Waals surface area (Å²) in [6, 6.07) is 17.1. The minimum absolute atomic E-state index is 1.22. The van der Waals surface area contributed by atoms with Gasteiger partial charge in [0.25, 0.3) is 0 Å². The Morgan fingerprint density at radius 1 is 0.636 bits per heavy atom. The molecule has 0 unspecified atom stereocenters. The highest BCUT2D eigenvalue weighted by molar-refractivity contribution is 7.98. The average Bonchev–Trinajstić information content (AvgIpc) is 2.58. The van der Waals surface area contributed by atoms with Crippen LogP contribution in [0.1, 0.15) is 11.1 Å². The van der Waals surface area contributed by atoms with Gasteiger partial charge in [-0.25, -0.2) is 0 Å². The summed E-state index contributed by atoms with van der Waals surface area (Å²) in [6.07, 6.45) is 16.7. The minimum atomic E-state index is 1.22. The first-order valence-electron chi connectivity index (χ1n) is 7.11. The first kappa shape index (κ1) is 16.7. The van der Waals surface area contributed by atoms with Gasteiger partial charge in [0.2, 0.25) is 0 Å². The normalized spacial score (nSPS) is 11.9. The monoisotopic (exact) mass is 324 g/mol. The van der Waals surface area contributed by atoms with Crippen molar-refractivity contribution in [3.05, 3.63) is 84.0 Å². The van der Waals surface area contributed by atoms with E-state index in [1.807, 2.05) is 0 Å². The van der Waals surface area contributed by atoms with Crippen molar-refractivity contribution in [1.82, 2.24) is 0 Å². The molecule has 22 heavy (non-hydrogen) atoms. The van der Waals surface area contributed by atoms with E-state index in [4.69, 9.17) is 0 Å². The molecule has 0 aliphatic rings. The SMILES string of the molecule is CSc1ccc(/C=C/C=C/C=C/c2cccc(SC)c2)cc1. The van der Waals surface area contributed by atoms with Crippen molar-refractivity contribution in [3.63, 3.8) is 0 Å². The lowest BCUT2D eigenvalue weighted by atomic mass is 10.2. The largest absolute Gasteiger partial charge is 0.130 e. The smallest absolute Gasteiger partial charge is 0.00750 e. The van der Waals surface area contributed by atoms with Gasteiger partial charge in [-0.2, -0.15) is 0 Å². The number of rotatable bonds is 6. The molecule has 0 nitrogen and oxygen atoms in total. The number of allylic oxidation sites excluding steroid dienone is 4. The summed E-state index contributed by atoms with van der Waals surface area (Å²) in [5.74, 6) is 0. The van der Waals surface area contributed by atoms with E-state index in [0.29, 0.717) is 0 Å². The van der Waals surface area contributed by atoms with E-state index in [9.17, 15) is 0 Å². The van der Waals surface area contributed by atoms with Crippen molar-refractivity contribution in [2.75, 3.05) is 12.5 Å². The van der Waals surface area contributed by atoms with Gasteiger partial charge >= 0.3 is 0 Å². The third-order valence-electron chi connectivity index (χ3n) is 3.12. The van der Waals surface area contributed by atoms with Gasteiger partial charge in [0, 0.05) is 9.79 Å². The van der Waals surface area contributed by atoms with Crippen LogP contribution in [0.15, 0.2) is 82.6 Å². The Morgan fingerprint density at radius 3 is 1.91 bits per heavy atom. The van der Waals surface area contributed by atoms with Crippen molar-refractivity contribution in [2.45, 2.75) is 9.79 Å². The van der Waals surface area contributed by atoms with Gasteiger partial charge in [0.15, 0.2) is 0 Å². The van der Waals surface area contributed by atoms with E-state index < -0.39 is 0 Å². The Labute approximate surface area is 142 Å². The molecule has 0 saturated carbocycles. The second-order valence-electron chi connectivity index (χ2n) is 4.65. The molecule has 2 heteroatoms. The van der Waals surface area contributed by atoms with Crippen molar-refractivity contribution in [2.24, 2.45) is 0 Å². The maximum absolute atomic E-state index is 2.19. The zero-order valence-corrected chi connectivity index (χ0v) is 14.5. The van der Waals surface area contributed by atoms with Crippen LogP contribution in [-0.4, -0.2) is 12.5 Å². The van der Waals surface area contributed by atoms with Crippen molar-refractivity contribution in [3.8, 4) is 0 Å². The number of hydrogen-bond donors (Lipinski definition) is 0. The Kier molecular flexibility index (Phi) is 7.14.